The average molecular weight is 349 g/mol. The minimum absolute atomic E-state index is 0.236. The smallest absolute Gasteiger partial charge is 0.123 e. The van der Waals surface area contributed by atoms with Crippen LogP contribution in [0.3, 0.4) is 0 Å². The fourth-order valence-corrected chi connectivity index (χ4v) is 2.84. The van der Waals surface area contributed by atoms with Crippen molar-refractivity contribution in [1.82, 2.24) is 0 Å². The van der Waals surface area contributed by atoms with Gasteiger partial charge in [0.25, 0.3) is 0 Å². The van der Waals surface area contributed by atoms with Crippen molar-refractivity contribution in [3.05, 3.63) is 78.6 Å². The summed E-state index contributed by atoms with van der Waals surface area (Å²) in [6, 6.07) is 23.2. The molecule has 0 aliphatic rings. The largest absolute Gasteiger partial charge is 0.378 e. The minimum atomic E-state index is -0.236. The predicted octanol–water partition coefficient (Wildman–Crippen LogP) is 5.43. The van der Waals surface area contributed by atoms with E-state index in [2.05, 4.69) is 63.2 Å². The zero-order valence-electron chi connectivity index (χ0n) is 15.6. The molecule has 0 spiro atoms. The lowest BCUT2D eigenvalue weighted by Crippen LogP contribution is -2.12. The standard InChI is InChI=1S/C22H24FN3/c1-24(2)18-9-13-21(14-10-18)26(20-7-5-17(23)6-8-20)22-15-11-19(12-16-22)25(3)4/h5-16H,1-4H3. The molecule has 0 aliphatic heterocycles. The minimum Gasteiger partial charge on any atom is -0.378 e. The Labute approximate surface area is 154 Å². The molecule has 0 saturated heterocycles. The highest BCUT2D eigenvalue weighted by molar-refractivity contribution is 5.78. The molecule has 3 aromatic carbocycles. The fraction of sp³-hybridized carbons (Fsp3) is 0.182. The van der Waals surface area contributed by atoms with Crippen LogP contribution in [0.4, 0.5) is 32.8 Å². The van der Waals surface area contributed by atoms with Crippen molar-refractivity contribution in [2.45, 2.75) is 0 Å². The SMILES string of the molecule is CN(C)c1ccc(N(c2ccc(F)cc2)c2ccc(N(C)C)cc2)cc1. The second kappa shape index (κ2) is 7.48. The Kier molecular flexibility index (Phi) is 5.12. The molecule has 0 unspecified atom stereocenters. The van der Waals surface area contributed by atoms with Gasteiger partial charge in [0.1, 0.15) is 5.82 Å². The first-order chi connectivity index (χ1) is 12.5. The highest BCUT2D eigenvalue weighted by Crippen LogP contribution is 2.35. The molecule has 0 radical (unpaired) electrons. The van der Waals surface area contributed by atoms with Gasteiger partial charge in [0.15, 0.2) is 0 Å². The van der Waals surface area contributed by atoms with E-state index in [1.165, 1.54) is 12.1 Å². The molecule has 0 heterocycles. The second-order valence-electron chi connectivity index (χ2n) is 6.63. The zero-order valence-corrected chi connectivity index (χ0v) is 15.6. The van der Waals surface area contributed by atoms with Gasteiger partial charge in [-0.15, -0.1) is 0 Å². The first kappa shape index (κ1) is 17.8. The molecule has 0 bridgehead atoms. The van der Waals surface area contributed by atoms with Crippen LogP contribution in [-0.4, -0.2) is 28.2 Å². The van der Waals surface area contributed by atoms with Crippen molar-refractivity contribution in [1.29, 1.82) is 0 Å². The van der Waals surface area contributed by atoms with E-state index in [0.29, 0.717) is 0 Å². The maximum absolute atomic E-state index is 13.4. The van der Waals surface area contributed by atoms with Crippen LogP contribution in [0.5, 0.6) is 0 Å². The number of hydrogen-bond acceptors (Lipinski definition) is 3. The summed E-state index contributed by atoms with van der Waals surface area (Å²) in [7, 11) is 8.08. The van der Waals surface area contributed by atoms with E-state index in [1.54, 1.807) is 12.1 Å². The van der Waals surface area contributed by atoms with E-state index in [1.807, 2.05) is 28.2 Å². The van der Waals surface area contributed by atoms with Crippen molar-refractivity contribution in [2.24, 2.45) is 0 Å². The van der Waals surface area contributed by atoms with Crippen LogP contribution in [0.1, 0.15) is 0 Å². The summed E-state index contributed by atoms with van der Waals surface area (Å²) >= 11 is 0. The summed E-state index contributed by atoms with van der Waals surface area (Å²) in [6.45, 7) is 0. The Bertz CT molecular complexity index is 787. The van der Waals surface area contributed by atoms with Crippen LogP contribution in [0.2, 0.25) is 0 Å². The van der Waals surface area contributed by atoms with Crippen molar-refractivity contribution in [3.63, 3.8) is 0 Å². The topological polar surface area (TPSA) is 9.72 Å². The maximum Gasteiger partial charge on any atom is 0.123 e. The first-order valence-electron chi connectivity index (χ1n) is 8.56. The summed E-state index contributed by atoms with van der Waals surface area (Å²) in [6.07, 6.45) is 0. The highest BCUT2D eigenvalue weighted by Gasteiger charge is 2.13. The van der Waals surface area contributed by atoms with Crippen molar-refractivity contribution in [2.75, 3.05) is 42.9 Å². The van der Waals surface area contributed by atoms with Gasteiger partial charge in [-0.25, -0.2) is 4.39 Å². The van der Waals surface area contributed by atoms with Crippen LogP contribution in [0.15, 0.2) is 72.8 Å². The van der Waals surface area contributed by atoms with Gasteiger partial charge in [0.05, 0.1) is 0 Å². The lowest BCUT2D eigenvalue weighted by Gasteiger charge is -2.26. The molecule has 134 valence electrons. The highest BCUT2D eigenvalue weighted by atomic mass is 19.1. The number of nitrogens with zero attached hydrogens (tertiary/aromatic N) is 3. The fourth-order valence-electron chi connectivity index (χ4n) is 2.84. The molecule has 4 heteroatoms. The van der Waals surface area contributed by atoms with Crippen LogP contribution < -0.4 is 14.7 Å². The summed E-state index contributed by atoms with van der Waals surface area (Å²) in [5.41, 5.74) is 5.24. The van der Waals surface area contributed by atoms with Crippen molar-refractivity contribution in [3.8, 4) is 0 Å². The van der Waals surface area contributed by atoms with E-state index >= 15 is 0 Å². The zero-order chi connectivity index (χ0) is 18.7. The van der Waals surface area contributed by atoms with Gasteiger partial charge in [-0.1, -0.05) is 0 Å². The van der Waals surface area contributed by atoms with Gasteiger partial charge < -0.3 is 14.7 Å². The number of halogens is 1. The third-order valence-corrected chi connectivity index (χ3v) is 4.33. The number of hydrogen-bond donors (Lipinski definition) is 0. The molecular weight excluding hydrogens is 325 g/mol. The molecule has 0 aromatic heterocycles. The monoisotopic (exact) mass is 349 g/mol. The molecule has 0 atom stereocenters. The van der Waals surface area contributed by atoms with Gasteiger partial charge in [-0.2, -0.15) is 0 Å². The molecule has 3 aromatic rings. The molecule has 26 heavy (non-hydrogen) atoms. The maximum atomic E-state index is 13.4. The number of benzene rings is 3. The van der Waals surface area contributed by atoms with Gasteiger partial charge in [-0.3, -0.25) is 0 Å². The summed E-state index contributed by atoms with van der Waals surface area (Å²) in [4.78, 5) is 6.26. The van der Waals surface area contributed by atoms with E-state index in [-0.39, 0.29) is 5.82 Å². The lowest BCUT2D eigenvalue weighted by molar-refractivity contribution is 0.628. The average Bonchev–Trinajstić information content (AvgIpc) is 2.64. The molecule has 0 amide bonds. The van der Waals surface area contributed by atoms with Crippen LogP contribution in [0, 0.1) is 5.82 Å². The van der Waals surface area contributed by atoms with Crippen LogP contribution in [-0.2, 0) is 0 Å². The summed E-state index contributed by atoms with van der Waals surface area (Å²) in [5, 5.41) is 0. The summed E-state index contributed by atoms with van der Waals surface area (Å²) in [5.74, 6) is -0.236. The molecule has 3 nitrogen and oxygen atoms in total. The number of anilines is 5. The lowest BCUT2D eigenvalue weighted by atomic mass is 10.1. The molecule has 0 fully saturated rings. The Morgan fingerprint density at radius 1 is 0.462 bits per heavy atom. The summed E-state index contributed by atoms with van der Waals surface area (Å²) < 4.78 is 13.4. The molecule has 0 aliphatic carbocycles. The quantitative estimate of drug-likeness (QED) is 0.608. The van der Waals surface area contributed by atoms with Gasteiger partial charge in [0.2, 0.25) is 0 Å². The van der Waals surface area contributed by atoms with Gasteiger partial charge in [0, 0.05) is 56.6 Å². The molecular formula is C22H24FN3. The predicted molar refractivity (Wildman–Crippen MR) is 110 cm³/mol. The van der Waals surface area contributed by atoms with Crippen molar-refractivity contribution >= 4 is 28.4 Å². The Balaban J connectivity index is 2.05. The van der Waals surface area contributed by atoms with E-state index in [0.717, 1.165) is 28.4 Å². The first-order valence-corrected chi connectivity index (χ1v) is 8.56. The number of rotatable bonds is 5. The molecule has 0 N–H and O–H groups in total. The van der Waals surface area contributed by atoms with Crippen molar-refractivity contribution < 1.29 is 4.39 Å². The second-order valence-corrected chi connectivity index (χ2v) is 6.63. The third-order valence-electron chi connectivity index (χ3n) is 4.33. The van der Waals surface area contributed by atoms with E-state index in [4.69, 9.17) is 0 Å². The van der Waals surface area contributed by atoms with E-state index in [9.17, 15) is 4.39 Å². The Hall–Kier alpha value is -3.01. The Morgan fingerprint density at radius 2 is 0.731 bits per heavy atom. The molecule has 0 saturated carbocycles. The van der Waals surface area contributed by atoms with Gasteiger partial charge >= 0.3 is 0 Å². The Morgan fingerprint density at radius 3 is 1.04 bits per heavy atom. The van der Waals surface area contributed by atoms with Crippen LogP contribution in [0.25, 0.3) is 0 Å². The third kappa shape index (κ3) is 3.80. The van der Waals surface area contributed by atoms with E-state index < -0.39 is 0 Å². The van der Waals surface area contributed by atoms with Crippen LogP contribution >= 0.6 is 0 Å². The normalized spacial score (nSPS) is 10.5. The molecule has 3 rings (SSSR count). The van der Waals surface area contributed by atoms with Gasteiger partial charge in [-0.05, 0) is 72.8 Å².